The summed E-state index contributed by atoms with van der Waals surface area (Å²) in [5.41, 5.74) is -0.420. The molecular weight excluding hydrogens is 250 g/mol. The van der Waals surface area contributed by atoms with Gasteiger partial charge in [-0.25, -0.2) is 9.89 Å². The van der Waals surface area contributed by atoms with Crippen LogP contribution in [-0.2, 0) is 16.1 Å². The van der Waals surface area contributed by atoms with Crippen LogP contribution < -0.4 is 5.69 Å². The van der Waals surface area contributed by atoms with Crippen LogP contribution in [0.25, 0.3) is 0 Å². The molecule has 0 atom stereocenters. The Kier molecular flexibility index (Phi) is 2.84. The third-order valence-electron chi connectivity index (χ3n) is 3.52. The lowest BCUT2D eigenvalue weighted by atomic mass is 10.3. The standard InChI is InChI=1S/C11H15N5O3/c17-9(5-15-7-12-13-11(15)19)14-3-4-16(8-1-2-8)10(18)6-14/h7-8H,1-6H2,(H,13,19). The van der Waals surface area contributed by atoms with Gasteiger partial charge in [0.2, 0.25) is 11.8 Å². The van der Waals surface area contributed by atoms with Crippen molar-refractivity contribution in [3.63, 3.8) is 0 Å². The number of aromatic nitrogens is 3. The molecule has 0 spiro atoms. The Hall–Kier alpha value is -2.12. The summed E-state index contributed by atoms with van der Waals surface area (Å²) in [6.45, 7) is 1.16. The second kappa shape index (κ2) is 4.52. The number of hydrogen-bond donors (Lipinski definition) is 1. The van der Waals surface area contributed by atoms with E-state index in [0.29, 0.717) is 19.1 Å². The van der Waals surface area contributed by atoms with E-state index in [2.05, 4.69) is 10.2 Å². The summed E-state index contributed by atoms with van der Waals surface area (Å²) in [6.07, 6.45) is 3.43. The summed E-state index contributed by atoms with van der Waals surface area (Å²) >= 11 is 0. The molecule has 2 fully saturated rings. The summed E-state index contributed by atoms with van der Waals surface area (Å²) in [5, 5.41) is 5.79. The van der Waals surface area contributed by atoms with E-state index in [1.165, 1.54) is 15.8 Å². The third-order valence-corrected chi connectivity index (χ3v) is 3.52. The zero-order valence-electron chi connectivity index (χ0n) is 10.4. The minimum Gasteiger partial charge on any atom is -0.336 e. The molecule has 2 heterocycles. The van der Waals surface area contributed by atoms with Crippen molar-refractivity contribution in [3.8, 4) is 0 Å². The molecule has 1 aromatic rings. The maximum absolute atomic E-state index is 12.0. The molecule has 8 nitrogen and oxygen atoms in total. The predicted molar refractivity (Wildman–Crippen MR) is 64.2 cm³/mol. The van der Waals surface area contributed by atoms with E-state index >= 15 is 0 Å². The molecule has 1 saturated heterocycles. The van der Waals surface area contributed by atoms with E-state index in [4.69, 9.17) is 0 Å². The van der Waals surface area contributed by atoms with Crippen molar-refractivity contribution in [2.75, 3.05) is 19.6 Å². The zero-order chi connectivity index (χ0) is 13.4. The molecule has 102 valence electrons. The van der Waals surface area contributed by atoms with E-state index in [1.54, 1.807) is 0 Å². The lowest BCUT2D eigenvalue weighted by Crippen LogP contribution is -2.53. The van der Waals surface area contributed by atoms with E-state index in [9.17, 15) is 14.4 Å². The molecule has 3 rings (SSSR count). The number of carbonyl (C=O) groups excluding carboxylic acids is 2. The van der Waals surface area contributed by atoms with Crippen LogP contribution in [0, 0.1) is 0 Å². The minimum absolute atomic E-state index is 0.00152. The molecule has 19 heavy (non-hydrogen) atoms. The maximum Gasteiger partial charge on any atom is 0.343 e. The SMILES string of the molecule is O=C(Cn1cn[nH]c1=O)N1CCN(C2CC2)C(=O)C1. The molecule has 2 aliphatic rings. The molecule has 1 aromatic heterocycles. The maximum atomic E-state index is 12.0. The topological polar surface area (TPSA) is 91.3 Å². The molecule has 0 bridgehead atoms. The van der Waals surface area contributed by atoms with Gasteiger partial charge in [-0.15, -0.1) is 0 Å². The van der Waals surface area contributed by atoms with E-state index in [-0.39, 0.29) is 24.9 Å². The highest BCUT2D eigenvalue weighted by molar-refractivity contribution is 5.86. The molecule has 8 heteroatoms. The van der Waals surface area contributed by atoms with Crippen molar-refractivity contribution in [2.24, 2.45) is 0 Å². The van der Waals surface area contributed by atoms with Crippen molar-refractivity contribution in [3.05, 3.63) is 16.8 Å². The van der Waals surface area contributed by atoms with E-state index in [0.717, 1.165) is 12.8 Å². The van der Waals surface area contributed by atoms with E-state index < -0.39 is 5.69 Å². The van der Waals surface area contributed by atoms with Crippen LogP contribution in [0.1, 0.15) is 12.8 Å². The fraction of sp³-hybridized carbons (Fsp3) is 0.636. The first-order valence-electron chi connectivity index (χ1n) is 6.32. The quantitative estimate of drug-likeness (QED) is 0.713. The minimum atomic E-state index is -0.420. The Labute approximate surface area is 109 Å². The lowest BCUT2D eigenvalue weighted by molar-refractivity contribution is -0.146. The normalized spacial score (nSPS) is 19.9. The molecule has 1 aliphatic heterocycles. The number of rotatable bonds is 3. The number of hydrogen-bond acceptors (Lipinski definition) is 4. The Morgan fingerprint density at radius 1 is 1.37 bits per heavy atom. The van der Waals surface area contributed by atoms with Crippen molar-refractivity contribution in [1.29, 1.82) is 0 Å². The van der Waals surface area contributed by atoms with Crippen LogP contribution in [0.3, 0.4) is 0 Å². The summed E-state index contributed by atoms with van der Waals surface area (Å²) < 4.78 is 1.19. The van der Waals surface area contributed by atoms with Crippen molar-refractivity contribution < 1.29 is 9.59 Å². The largest absolute Gasteiger partial charge is 0.343 e. The molecule has 2 amide bonds. The average molecular weight is 265 g/mol. The second-order valence-corrected chi connectivity index (χ2v) is 4.92. The highest BCUT2D eigenvalue weighted by Gasteiger charge is 2.36. The Balaban J connectivity index is 1.61. The van der Waals surface area contributed by atoms with Crippen LogP contribution in [0.2, 0.25) is 0 Å². The van der Waals surface area contributed by atoms with Gasteiger partial charge in [-0.3, -0.25) is 14.2 Å². The van der Waals surface area contributed by atoms with Crippen molar-refractivity contribution >= 4 is 11.8 Å². The van der Waals surface area contributed by atoms with Crippen LogP contribution >= 0.6 is 0 Å². The van der Waals surface area contributed by atoms with Gasteiger partial charge < -0.3 is 9.80 Å². The number of carbonyl (C=O) groups is 2. The second-order valence-electron chi connectivity index (χ2n) is 4.92. The van der Waals surface area contributed by atoms with Gasteiger partial charge in [-0.05, 0) is 12.8 Å². The van der Waals surface area contributed by atoms with Gasteiger partial charge in [0.05, 0.1) is 6.54 Å². The highest BCUT2D eigenvalue weighted by atomic mass is 16.2. The average Bonchev–Trinajstić information content (AvgIpc) is 3.15. The molecular formula is C11H15N5O3. The van der Waals surface area contributed by atoms with Gasteiger partial charge in [0.15, 0.2) is 0 Å². The Morgan fingerprint density at radius 2 is 2.16 bits per heavy atom. The summed E-state index contributed by atoms with van der Waals surface area (Å²) in [6, 6.07) is 0.390. The number of nitrogens with one attached hydrogen (secondary N) is 1. The van der Waals surface area contributed by atoms with Gasteiger partial charge in [0, 0.05) is 19.1 Å². The molecule has 0 aromatic carbocycles. The number of amides is 2. The van der Waals surface area contributed by atoms with Crippen LogP contribution in [-0.4, -0.2) is 62.1 Å². The Bertz CT molecular complexity index is 559. The molecule has 1 N–H and O–H groups in total. The zero-order valence-corrected chi connectivity index (χ0v) is 10.4. The number of nitrogens with zero attached hydrogens (tertiary/aromatic N) is 4. The highest BCUT2D eigenvalue weighted by Crippen LogP contribution is 2.27. The lowest BCUT2D eigenvalue weighted by Gasteiger charge is -2.34. The van der Waals surface area contributed by atoms with Gasteiger partial charge in [-0.2, -0.15) is 5.10 Å². The Morgan fingerprint density at radius 3 is 2.74 bits per heavy atom. The van der Waals surface area contributed by atoms with Crippen LogP contribution in [0.4, 0.5) is 0 Å². The molecule has 0 unspecified atom stereocenters. The van der Waals surface area contributed by atoms with Crippen LogP contribution in [0.15, 0.2) is 11.1 Å². The predicted octanol–water partition coefficient (Wildman–Crippen LogP) is -1.60. The first kappa shape index (κ1) is 11.9. The van der Waals surface area contributed by atoms with E-state index in [1.807, 2.05) is 4.90 Å². The number of piperazine rings is 1. The number of H-pyrrole nitrogens is 1. The summed E-state index contributed by atoms with van der Waals surface area (Å²) in [7, 11) is 0. The first-order valence-corrected chi connectivity index (χ1v) is 6.32. The van der Waals surface area contributed by atoms with Crippen molar-refractivity contribution in [1.82, 2.24) is 24.6 Å². The van der Waals surface area contributed by atoms with Gasteiger partial charge in [-0.1, -0.05) is 0 Å². The molecule has 0 radical (unpaired) electrons. The van der Waals surface area contributed by atoms with Gasteiger partial charge in [0.1, 0.15) is 12.9 Å². The van der Waals surface area contributed by atoms with Crippen LogP contribution in [0.5, 0.6) is 0 Å². The smallest absolute Gasteiger partial charge is 0.336 e. The van der Waals surface area contributed by atoms with Gasteiger partial charge in [0.25, 0.3) is 0 Å². The molecule has 1 saturated carbocycles. The summed E-state index contributed by atoms with van der Waals surface area (Å²) in [4.78, 5) is 38.5. The molecule has 1 aliphatic carbocycles. The number of aromatic amines is 1. The monoisotopic (exact) mass is 265 g/mol. The fourth-order valence-corrected chi connectivity index (χ4v) is 2.30. The van der Waals surface area contributed by atoms with Gasteiger partial charge >= 0.3 is 5.69 Å². The fourth-order valence-electron chi connectivity index (χ4n) is 2.30. The van der Waals surface area contributed by atoms with Crippen molar-refractivity contribution in [2.45, 2.75) is 25.4 Å². The third kappa shape index (κ3) is 2.38. The summed E-state index contributed by atoms with van der Waals surface area (Å²) in [5.74, 6) is -0.228. The first-order chi connectivity index (χ1) is 9.15.